The van der Waals surface area contributed by atoms with Crippen LogP contribution in [0.2, 0.25) is 0 Å². The number of amides is 1. The molecule has 0 aliphatic heterocycles. The van der Waals surface area contributed by atoms with Gasteiger partial charge in [-0.2, -0.15) is 0 Å². The molecule has 0 aromatic rings. The normalized spacial score (nSPS) is 16.4. The third-order valence-electron chi connectivity index (χ3n) is 3.05. The van der Waals surface area contributed by atoms with E-state index in [1.54, 1.807) is 13.8 Å². The Morgan fingerprint density at radius 1 is 1.17 bits per heavy atom. The number of Topliss-reactive ketones (excluding diaryl/α,β-unsaturated/α-hetero) is 2. The Hall–Kier alpha value is -1.91. The van der Waals surface area contributed by atoms with Crippen LogP contribution in [0.3, 0.4) is 0 Å². The molecule has 18 heavy (non-hydrogen) atoms. The lowest BCUT2D eigenvalue weighted by atomic mass is 9.87. The largest absolute Gasteiger partial charge is 0.492 e. The number of hydrogen-bond donors (Lipinski definition) is 1. The van der Waals surface area contributed by atoms with Crippen molar-refractivity contribution in [3.05, 3.63) is 22.5 Å². The first kappa shape index (κ1) is 14.2. The molecule has 0 heterocycles. The zero-order valence-corrected chi connectivity index (χ0v) is 10.8. The summed E-state index contributed by atoms with van der Waals surface area (Å²) < 4.78 is 5.02. The molecule has 0 atom stereocenters. The van der Waals surface area contributed by atoms with Crippen molar-refractivity contribution in [1.29, 1.82) is 0 Å². The van der Waals surface area contributed by atoms with Gasteiger partial charge in [0, 0.05) is 23.1 Å². The van der Waals surface area contributed by atoms with Gasteiger partial charge in [-0.1, -0.05) is 0 Å². The lowest BCUT2D eigenvalue weighted by Gasteiger charge is -2.19. The Balaban J connectivity index is 2.97. The molecule has 0 saturated carbocycles. The van der Waals surface area contributed by atoms with Crippen LogP contribution in [-0.4, -0.2) is 24.6 Å². The number of rotatable bonds is 5. The van der Waals surface area contributed by atoms with Gasteiger partial charge in [-0.3, -0.25) is 14.4 Å². The van der Waals surface area contributed by atoms with E-state index in [0.29, 0.717) is 29.6 Å². The second kappa shape index (κ2) is 5.62. The lowest BCUT2D eigenvalue weighted by Crippen LogP contribution is -2.23. The average molecular weight is 251 g/mol. The van der Waals surface area contributed by atoms with E-state index in [4.69, 9.17) is 10.5 Å². The number of ketones is 2. The molecule has 0 spiro atoms. The first-order valence-electron chi connectivity index (χ1n) is 5.72. The molecule has 0 fully saturated rings. The number of carbonyl (C=O) groups is 3. The fourth-order valence-electron chi connectivity index (χ4n) is 1.86. The first-order valence-corrected chi connectivity index (χ1v) is 5.72. The molecule has 1 rings (SSSR count). The summed E-state index contributed by atoms with van der Waals surface area (Å²) in [5.74, 6) is -0.780. The van der Waals surface area contributed by atoms with E-state index < -0.39 is 5.91 Å². The maximum atomic E-state index is 12.1. The van der Waals surface area contributed by atoms with Crippen LogP contribution in [0.4, 0.5) is 0 Å². The summed E-state index contributed by atoms with van der Waals surface area (Å²) >= 11 is 0. The quantitative estimate of drug-likeness (QED) is 0.739. The highest BCUT2D eigenvalue weighted by molar-refractivity contribution is 6.23. The molecular formula is C13H17NO4. The van der Waals surface area contributed by atoms with Gasteiger partial charge in [-0.15, -0.1) is 0 Å². The number of carbonyl (C=O) groups excluding carboxylic acids is 3. The van der Waals surface area contributed by atoms with E-state index >= 15 is 0 Å². The van der Waals surface area contributed by atoms with Gasteiger partial charge >= 0.3 is 0 Å². The lowest BCUT2D eigenvalue weighted by molar-refractivity contribution is -0.119. The molecular weight excluding hydrogens is 234 g/mol. The molecule has 1 aliphatic carbocycles. The van der Waals surface area contributed by atoms with Gasteiger partial charge in [0.2, 0.25) is 11.7 Å². The summed E-state index contributed by atoms with van der Waals surface area (Å²) in [6.45, 7) is 3.23. The maximum absolute atomic E-state index is 12.1. The van der Waals surface area contributed by atoms with Crippen LogP contribution in [0.5, 0.6) is 0 Å². The number of hydrogen-bond acceptors (Lipinski definition) is 4. The topological polar surface area (TPSA) is 86.5 Å². The van der Waals surface area contributed by atoms with E-state index in [1.807, 2.05) is 0 Å². The van der Waals surface area contributed by atoms with E-state index in [-0.39, 0.29) is 23.7 Å². The Morgan fingerprint density at radius 3 is 2.22 bits per heavy atom. The first-order chi connectivity index (χ1) is 8.40. The van der Waals surface area contributed by atoms with Crippen LogP contribution in [0.15, 0.2) is 22.5 Å². The fourth-order valence-corrected chi connectivity index (χ4v) is 1.86. The van der Waals surface area contributed by atoms with Gasteiger partial charge in [-0.05, 0) is 26.7 Å². The van der Waals surface area contributed by atoms with Gasteiger partial charge in [0.25, 0.3) is 0 Å². The predicted octanol–water partition coefficient (Wildman–Crippen LogP) is 1.03. The predicted molar refractivity (Wildman–Crippen MR) is 65.5 cm³/mol. The number of nitrogens with two attached hydrogens (primary N) is 1. The van der Waals surface area contributed by atoms with Crippen molar-refractivity contribution in [2.75, 3.05) is 7.11 Å². The molecule has 0 aromatic carbocycles. The van der Waals surface area contributed by atoms with Gasteiger partial charge in [-0.25, -0.2) is 0 Å². The van der Waals surface area contributed by atoms with Gasteiger partial charge in [0.15, 0.2) is 11.5 Å². The average Bonchev–Trinajstić information content (AvgIpc) is 2.33. The van der Waals surface area contributed by atoms with Crippen molar-refractivity contribution >= 4 is 17.5 Å². The molecule has 5 heteroatoms. The number of methoxy groups -OCH3 is 1. The summed E-state index contributed by atoms with van der Waals surface area (Å²) in [6.07, 6.45) is 0.938. The molecule has 1 amide bonds. The number of ether oxygens (including phenoxy) is 1. The summed E-state index contributed by atoms with van der Waals surface area (Å²) in [6, 6.07) is 0. The minimum atomic E-state index is -0.424. The molecule has 2 N–H and O–H groups in total. The highest BCUT2D eigenvalue weighted by Gasteiger charge is 2.30. The smallest absolute Gasteiger partial charge is 0.224 e. The fraction of sp³-hybridized carbons (Fsp3) is 0.462. The van der Waals surface area contributed by atoms with E-state index in [2.05, 4.69) is 0 Å². The zero-order chi connectivity index (χ0) is 13.9. The molecule has 98 valence electrons. The summed E-state index contributed by atoms with van der Waals surface area (Å²) in [4.78, 5) is 34.7. The summed E-state index contributed by atoms with van der Waals surface area (Å²) in [7, 11) is 1.36. The van der Waals surface area contributed by atoms with Crippen molar-refractivity contribution < 1.29 is 19.1 Å². The monoisotopic (exact) mass is 251 g/mol. The Kier molecular flexibility index (Phi) is 4.42. The highest BCUT2D eigenvalue weighted by Crippen LogP contribution is 2.27. The minimum absolute atomic E-state index is 0.0903. The minimum Gasteiger partial charge on any atom is -0.492 e. The number of allylic oxidation sites excluding steroid dienone is 3. The second-order valence-electron chi connectivity index (χ2n) is 4.24. The maximum Gasteiger partial charge on any atom is 0.224 e. The summed E-state index contributed by atoms with van der Waals surface area (Å²) in [5, 5.41) is 0. The molecule has 5 nitrogen and oxygen atoms in total. The third-order valence-corrected chi connectivity index (χ3v) is 3.05. The standard InChI is InChI=1S/C13H17NO4/c1-7-8(2)12(17)13(18-3)9(11(7)16)5-4-6-10(14)15/h4-6H2,1-3H3,(H2,14,15). The SMILES string of the molecule is COC1=C(CCCC(N)=O)C(=O)C(C)=C(C)C1=O. The van der Waals surface area contributed by atoms with Gasteiger partial charge < -0.3 is 10.5 Å². The molecule has 1 aliphatic rings. The van der Waals surface area contributed by atoms with E-state index in [9.17, 15) is 14.4 Å². The van der Waals surface area contributed by atoms with E-state index in [1.165, 1.54) is 7.11 Å². The van der Waals surface area contributed by atoms with Crippen molar-refractivity contribution in [3.63, 3.8) is 0 Å². The number of primary amides is 1. The van der Waals surface area contributed by atoms with Crippen LogP contribution >= 0.6 is 0 Å². The van der Waals surface area contributed by atoms with Crippen LogP contribution in [0, 0.1) is 0 Å². The van der Waals surface area contributed by atoms with E-state index in [0.717, 1.165) is 0 Å². The Labute approximate surface area is 106 Å². The van der Waals surface area contributed by atoms with Crippen molar-refractivity contribution in [2.24, 2.45) is 5.73 Å². The molecule has 0 bridgehead atoms. The third kappa shape index (κ3) is 2.67. The molecule has 0 unspecified atom stereocenters. The Morgan fingerprint density at radius 2 is 1.72 bits per heavy atom. The van der Waals surface area contributed by atoms with Crippen LogP contribution in [0.25, 0.3) is 0 Å². The molecule has 0 aromatic heterocycles. The van der Waals surface area contributed by atoms with Crippen molar-refractivity contribution in [2.45, 2.75) is 33.1 Å². The molecule has 0 saturated heterocycles. The molecule has 0 radical (unpaired) electrons. The van der Waals surface area contributed by atoms with Gasteiger partial charge in [0.05, 0.1) is 7.11 Å². The summed E-state index contributed by atoms with van der Waals surface area (Å²) in [5.41, 5.74) is 6.23. The zero-order valence-electron chi connectivity index (χ0n) is 10.8. The van der Waals surface area contributed by atoms with Crippen LogP contribution in [-0.2, 0) is 19.1 Å². The van der Waals surface area contributed by atoms with Crippen LogP contribution in [0.1, 0.15) is 33.1 Å². The van der Waals surface area contributed by atoms with Crippen molar-refractivity contribution in [1.82, 2.24) is 0 Å². The van der Waals surface area contributed by atoms with Crippen LogP contribution < -0.4 is 5.73 Å². The Bertz CT molecular complexity index is 471. The highest BCUT2D eigenvalue weighted by atomic mass is 16.5. The van der Waals surface area contributed by atoms with Gasteiger partial charge in [0.1, 0.15) is 0 Å². The second-order valence-corrected chi connectivity index (χ2v) is 4.24. The van der Waals surface area contributed by atoms with Crippen molar-refractivity contribution in [3.8, 4) is 0 Å².